The molecule has 2 aromatic heterocycles. The lowest BCUT2D eigenvalue weighted by molar-refractivity contribution is -0.116. The zero-order valence-electron chi connectivity index (χ0n) is 19.8. The number of para-hydroxylation sites is 1. The van der Waals surface area contributed by atoms with Crippen LogP contribution in [0.2, 0.25) is 5.02 Å². The summed E-state index contributed by atoms with van der Waals surface area (Å²) in [5.41, 5.74) is 4.71. The molecule has 1 fully saturated rings. The van der Waals surface area contributed by atoms with Crippen molar-refractivity contribution in [3.05, 3.63) is 113 Å². The highest BCUT2D eigenvalue weighted by atomic mass is 35.5. The number of carbonyl (C=O) groups is 1. The van der Waals surface area contributed by atoms with E-state index in [9.17, 15) is 4.79 Å². The van der Waals surface area contributed by atoms with Gasteiger partial charge >= 0.3 is 0 Å². The molecule has 1 saturated heterocycles. The lowest BCUT2D eigenvalue weighted by Crippen LogP contribution is -2.33. The third-order valence-electron chi connectivity index (χ3n) is 6.37. The Hall–Kier alpha value is -3.68. The smallest absolute Gasteiger partial charge is 0.226 e. The fourth-order valence-corrected chi connectivity index (χ4v) is 5.13. The quantitative estimate of drug-likeness (QED) is 0.303. The van der Waals surface area contributed by atoms with Crippen LogP contribution in [0.5, 0.6) is 0 Å². The van der Waals surface area contributed by atoms with E-state index in [1.54, 1.807) is 6.20 Å². The van der Waals surface area contributed by atoms with Crippen LogP contribution in [0.3, 0.4) is 0 Å². The molecular formula is C28H26ClN5OS. The maximum absolute atomic E-state index is 12.9. The first-order chi connectivity index (χ1) is 17.5. The van der Waals surface area contributed by atoms with Gasteiger partial charge in [0.25, 0.3) is 0 Å². The van der Waals surface area contributed by atoms with Crippen molar-refractivity contribution in [2.75, 3.05) is 11.9 Å². The average Bonchev–Trinajstić information content (AvgIpc) is 3.49. The molecule has 2 aromatic carbocycles. The molecule has 2 atom stereocenters. The van der Waals surface area contributed by atoms with Gasteiger partial charge in [-0.1, -0.05) is 41.9 Å². The van der Waals surface area contributed by atoms with Crippen molar-refractivity contribution in [3.8, 4) is 5.69 Å². The van der Waals surface area contributed by atoms with Crippen LogP contribution in [-0.2, 0) is 4.79 Å². The Morgan fingerprint density at radius 1 is 1.08 bits per heavy atom. The number of nitrogens with one attached hydrogen (secondary N) is 2. The number of hydrogen-bond donors (Lipinski definition) is 2. The summed E-state index contributed by atoms with van der Waals surface area (Å²) in [5, 5.41) is 7.74. The van der Waals surface area contributed by atoms with E-state index in [2.05, 4.69) is 31.2 Å². The molecule has 0 bridgehead atoms. The van der Waals surface area contributed by atoms with Gasteiger partial charge in [0.05, 0.1) is 17.8 Å². The van der Waals surface area contributed by atoms with Crippen molar-refractivity contribution in [2.24, 2.45) is 0 Å². The first-order valence-electron chi connectivity index (χ1n) is 11.8. The minimum atomic E-state index is -0.175. The minimum absolute atomic E-state index is 0.0580. The monoisotopic (exact) mass is 515 g/mol. The van der Waals surface area contributed by atoms with Crippen LogP contribution in [0, 0.1) is 6.92 Å². The number of aryl methyl sites for hydroxylation is 1. The van der Waals surface area contributed by atoms with Gasteiger partial charge in [0.2, 0.25) is 5.91 Å². The number of halogens is 1. The highest BCUT2D eigenvalue weighted by molar-refractivity contribution is 7.80. The number of benzene rings is 2. The molecular weight excluding hydrogens is 490 g/mol. The number of thiocarbonyl (C=S) groups is 1. The van der Waals surface area contributed by atoms with E-state index in [1.807, 2.05) is 85.9 Å². The maximum atomic E-state index is 12.9. The Bertz CT molecular complexity index is 1390. The van der Waals surface area contributed by atoms with Crippen molar-refractivity contribution in [1.82, 2.24) is 19.8 Å². The van der Waals surface area contributed by atoms with Crippen molar-refractivity contribution in [2.45, 2.75) is 25.4 Å². The number of pyridine rings is 1. The van der Waals surface area contributed by atoms with E-state index in [0.29, 0.717) is 23.1 Å². The predicted octanol–water partition coefficient (Wildman–Crippen LogP) is 5.84. The third-order valence-corrected chi connectivity index (χ3v) is 6.95. The fourth-order valence-electron chi connectivity index (χ4n) is 4.61. The Labute approximate surface area is 220 Å². The predicted molar refractivity (Wildman–Crippen MR) is 147 cm³/mol. The Morgan fingerprint density at radius 2 is 1.92 bits per heavy atom. The number of nitrogens with zero attached hydrogens (tertiary/aromatic N) is 3. The second-order valence-electron chi connectivity index (χ2n) is 8.72. The number of rotatable bonds is 7. The van der Waals surface area contributed by atoms with Crippen molar-refractivity contribution < 1.29 is 4.79 Å². The van der Waals surface area contributed by atoms with Gasteiger partial charge in [-0.25, -0.2) is 0 Å². The van der Waals surface area contributed by atoms with Crippen LogP contribution in [-0.4, -0.2) is 32.0 Å². The van der Waals surface area contributed by atoms with Crippen molar-refractivity contribution in [3.63, 3.8) is 0 Å². The molecule has 0 saturated carbocycles. The van der Waals surface area contributed by atoms with Gasteiger partial charge in [0.1, 0.15) is 0 Å². The van der Waals surface area contributed by atoms with Gasteiger partial charge in [-0.3, -0.25) is 9.78 Å². The van der Waals surface area contributed by atoms with Crippen LogP contribution < -0.4 is 10.6 Å². The number of carbonyl (C=O) groups excluding carboxylic acids is 1. The van der Waals surface area contributed by atoms with E-state index in [-0.39, 0.29) is 18.0 Å². The number of aromatic nitrogens is 2. The summed E-state index contributed by atoms with van der Waals surface area (Å²) in [6, 6.07) is 25.1. The summed E-state index contributed by atoms with van der Waals surface area (Å²) >= 11 is 12.1. The third kappa shape index (κ3) is 4.98. The minimum Gasteiger partial charge on any atom is -0.352 e. The first kappa shape index (κ1) is 24.0. The lowest BCUT2D eigenvalue weighted by Gasteiger charge is -2.29. The topological polar surface area (TPSA) is 62.2 Å². The second-order valence-corrected chi connectivity index (χ2v) is 9.54. The normalized spacial score (nSPS) is 17.2. The molecule has 0 unspecified atom stereocenters. The maximum Gasteiger partial charge on any atom is 0.226 e. The van der Waals surface area contributed by atoms with Crippen LogP contribution >= 0.6 is 23.8 Å². The van der Waals surface area contributed by atoms with Gasteiger partial charge < -0.3 is 20.1 Å². The second kappa shape index (κ2) is 10.5. The SMILES string of the molecule is Cc1ccccc1NC(=O)CCN1C(=S)N[C@H](c2ccccn2)[C@@H]1c1cccn1-c1cccc(Cl)c1. The molecule has 4 aromatic rings. The molecule has 8 heteroatoms. The van der Waals surface area contributed by atoms with E-state index in [1.165, 1.54) is 0 Å². The van der Waals surface area contributed by atoms with Gasteiger partial charge in [0.15, 0.2) is 5.11 Å². The molecule has 5 rings (SSSR count). The molecule has 2 N–H and O–H groups in total. The van der Waals surface area contributed by atoms with Gasteiger partial charge in [-0.2, -0.15) is 0 Å². The highest BCUT2D eigenvalue weighted by Gasteiger charge is 2.41. The molecule has 182 valence electrons. The van der Waals surface area contributed by atoms with Crippen molar-refractivity contribution >= 4 is 40.5 Å². The fraction of sp³-hybridized carbons (Fsp3) is 0.179. The zero-order chi connectivity index (χ0) is 25.1. The van der Waals surface area contributed by atoms with Gasteiger partial charge in [0, 0.05) is 47.5 Å². The average molecular weight is 516 g/mol. The summed E-state index contributed by atoms with van der Waals surface area (Å²) < 4.78 is 2.11. The van der Waals surface area contributed by atoms with Crippen LogP contribution in [0.25, 0.3) is 5.69 Å². The van der Waals surface area contributed by atoms with Crippen LogP contribution in [0.1, 0.15) is 35.5 Å². The molecule has 0 spiro atoms. The standard InChI is InChI=1S/C28H26ClN5OS/c1-19-8-2-3-11-22(19)31-25(35)14-17-34-27(26(32-28(34)36)23-12-4-5-15-30-23)24-13-7-16-33(24)21-10-6-9-20(29)18-21/h2-13,15-16,18,26-27H,14,17H2,1H3,(H,31,35)(H,32,36)/t26-,27+/m1/s1. The largest absolute Gasteiger partial charge is 0.352 e. The Kier molecular flexibility index (Phi) is 7.02. The number of hydrogen-bond acceptors (Lipinski definition) is 3. The zero-order valence-corrected chi connectivity index (χ0v) is 21.3. The Balaban J connectivity index is 1.45. The van der Waals surface area contributed by atoms with E-state index < -0.39 is 0 Å². The molecule has 3 heterocycles. The van der Waals surface area contributed by atoms with E-state index in [0.717, 1.165) is 28.3 Å². The summed E-state index contributed by atoms with van der Waals surface area (Å²) in [4.78, 5) is 19.6. The van der Waals surface area contributed by atoms with E-state index >= 15 is 0 Å². The first-order valence-corrected chi connectivity index (χ1v) is 12.6. The highest BCUT2D eigenvalue weighted by Crippen LogP contribution is 2.39. The summed E-state index contributed by atoms with van der Waals surface area (Å²) in [7, 11) is 0. The van der Waals surface area contributed by atoms with Gasteiger partial charge in [-0.15, -0.1) is 0 Å². The molecule has 1 aliphatic heterocycles. The summed E-state index contributed by atoms with van der Waals surface area (Å²) in [6.07, 6.45) is 4.09. The molecule has 1 amide bonds. The summed E-state index contributed by atoms with van der Waals surface area (Å²) in [6.45, 7) is 2.44. The molecule has 0 aliphatic carbocycles. The number of amides is 1. The van der Waals surface area contributed by atoms with Crippen LogP contribution in [0.15, 0.2) is 91.3 Å². The lowest BCUT2D eigenvalue weighted by atomic mass is 10.0. The van der Waals surface area contributed by atoms with E-state index in [4.69, 9.17) is 23.8 Å². The molecule has 1 aliphatic rings. The van der Waals surface area contributed by atoms with Crippen molar-refractivity contribution in [1.29, 1.82) is 0 Å². The number of anilines is 1. The molecule has 36 heavy (non-hydrogen) atoms. The van der Waals surface area contributed by atoms with Gasteiger partial charge in [-0.05, 0) is 73.2 Å². The molecule has 6 nitrogen and oxygen atoms in total. The van der Waals surface area contributed by atoms with Crippen LogP contribution in [0.4, 0.5) is 5.69 Å². The molecule has 0 radical (unpaired) electrons. The Morgan fingerprint density at radius 3 is 2.69 bits per heavy atom. The summed E-state index contributed by atoms with van der Waals surface area (Å²) in [5.74, 6) is -0.0580.